The molecule has 0 saturated carbocycles. The van der Waals surface area contributed by atoms with E-state index in [2.05, 4.69) is 0 Å². The van der Waals surface area contributed by atoms with Crippen molar-refractivity contribution in [3.63, 3.8) is 0 Å². The summed E-state index contributed by atoms with van der Waals surface area (Å²) in [5.41, 5.74) is 6.80. The second kappa shape index (κ2) is 6.63. The number of benzene rings is 1. The maximum atomic E-state index is 12.0. The van der Waals surface area contributed by atoms with E-state index >= 15 is 0 Å². The van der Waals surface area contributed by atoms with Crippen molar-refractivity contribution in [1.82, 2.24) is 4.90 Å². The largest absolute Gasteiger partial charge is 0.399 e. The van der Waals surface area contributed by atoms with E-state index in [9.17, 15) is 9.90 Å². The van der Waals surface area contributed by atoms with E-state index in [1.807, 2.05) is 0 Å². The number of aliphatic hydroxyl groups excluding tert-OH is 2. The van der Waals surface area contributed by atoms with Crippen LogP contribution in [0.5, 0.6) is 0 Å². The van der Waals surface area contributed by atoms with Gasteiger partial charge in [0.25, 0.3) is 5.91 Å². The highest BCUT2D eigenvalue weighted by atomic mass is 32.2. The van der Waals surface area contributed by atoms with E-state index < -0.39 is 6.10 Å². The summed E-state index contributed by atoms with van der Waals surface area (Å²) in [5, 5.41) is 18.1. The van der Waals surface area contributed by atoms with Crippen molar-refractivity contribution in [2.24, 2.45) is 0 Å². The molecule has 6 heteroatoms. The SMILES string of the molecule is CN(C)C(=O)c1ccc(N)cc1SCC(O)CO. The molecule has 1 amide bonds. The van der Waals surface area contributed by atoms with Crippen molar-refractivity contribution in [2.75, 3.05) is 32.2 Å². The first kappa shape index (κ1) is 14.8. The number of carbonyl (C=O) groups is 1. The molecule has 0 fully saturated rings. The van der Waals surface area contributed by atoms with Gasteiger partial charge in [0.2, 0.25) is 0 Å². The topological polar surface area (TPSA) is 86.8 Å². The lowest BCUT2D eigenvalue weighted by atomic mass is 10.2. The van der Waals surface area contributed by atoms with Crippen LogP contribution in [0.25, 0.3) is 0 Å². The smallest absolute Gasteiger partial charge is 0.254 e. The standard InChI is InChI=1S/C12H18N2O3S/c1-14(2)12(17)10-4-3-8(13)5-11(10)18-7-9(16)6-15/h3-5,9,15-16H,6-7,13H2,1-2H3. The van der Waals surface area contributed by atoms with Crippen molar-refractivity contribution in [3.8, 4) is 0 Å². The molecule has 0 heterocycles. The molecule has 1 atom stereocenters. The third-order valence-electron chi connectivity index (χ3n) is 2.28. The molecular weight excluding hydrogens is 252 g/mol. The van der Waals surface area contributed by atoms with E-state index in [4.69, 9.17) is 10.8 Å². The first-order chi connectivity index (χ1) is 8.45. The fraction of sp³-hybridized carbons (Fsp3) is 0.417. The summed E-state index contributed by atoms with van der Waals surface area (Å²) in [6, 6.07) is 5.04. The maximum absolute atomic E-state index is 12.0. The van der Waals surface area contributed by atoms with Gasteiger partial charge in [0.15, 0.2) is 0 Å². The van der Waals surface area contributed by atoms with Crippen LogP contribution in [0.15, 0.2) is 23.1 Å². The molecule has 0 aliphatic rings. The number of hydrogen-bond donors (Lipinski definition) is 3. The molecule has 100 valence electrons. The molecule has 0 bridgehead atoms. The Morgan fingerprint density at radius 1 is 1.50 bits per heavy atom. The summed E-state index contributed by atoms with van der Waals surface area (Å²) in [5.74, 6) is 0.198. The predicted molar refractivity (Wildman–Crippen MR) is 72.7 cm³/mol. The number of rotatable bonds is 5. The number of nitrogens with zero attached hydrogens (tertiary/aromatic N) is 1. The second-order valence-electron chi connectivity index (χ2n) is 4.10. The minimum atomic E-state index is -0.807. The van der Waals surface area contributed by atoms with Crippen LogP contribution in [0.3, 0.4) is 0 Å². The molecule has 4 N–H and O–H groups in total. The van der Waals surface area contributed by atoms with Crippen molar-refractivity contribution in [1.29, 1.82) is 0 Å². The highest BCUT2D eigenvalue weighted by Gasteiger charge is 2.15. The second-order valence-corrected chi connectivity index (χ2v) is 5.16. The molecule has 0 aliphatic carbocycles. The molecule has 0 radical (unpaired) electrons. The Morgan fingerprint density at radius 2 is 2.17 bits per heavy atom. The van der Waals surface area contributed by atoms with E-state index in [1.165, 1.54) is 16.7 Å². The van der Waals surface area contributed by atoms with Crippen LogP contribution in [0.1, 0.15) is 10.4 Å². The zero-order valence-corrected chi connectivity index (χ0v) is 11.3. The summed E-state index contributed by atoms with van der Waals surface area (Å²) >= 11 is 1.30. The van der Waals surface area contributed by atoms with Gasteiger partial charge in [-0.15, -0.1) is 11.8 Å². The van der Waals surface area contributed by atoms with Crippen LogP contribution in [0.4, 0.5) is 5.69 Å². The number of hydrogen-bond acceptors (Lipinski definition) is 5. The normalized spacial score (nSPS) is 12.2. The Balaban J connectivity index is 2.93. The van der Waals surface area contributed by atoms with Crippen molar-refractivity contribution < 1.29 is 15.0 Å². The third kappa shape index (κ3) is 3.90. The van der Waals surface area contributed by atoms with Gasteiger partial charge >= 0.3 is 0 Å². The lowest BCUT2D eigenvalue weighted by molar-refractivity contribution is 0.0824. The van der Waals surface area contributed by atoms with Gasteiger partial charge in [0, 0.05) is 30.4 Å². The van der Waals surface area contributed by atoms with Gasteiger partial charge < -0.3 is 20.8 Å². The van der Waals surface area contributed by atoms with Crippen LogP contribution >= 0.6 is 11.8 Å². The van der Waals surface area contributed by atoms with Crippen LogP contribution in [0, 0.1) is 0 Å². The predicted octanol–water partition coefficient (Wildman–Crippen LogP) is 0.416. The first-order valence-electron chi connectivity index (χ1n) is 5.48. The Labute approximate surface area is 111 Å². The summed E-state index contributed by atoms with van der Waals surface area (Å²) in [7, 11) is 3.35. The van der Waals surface area contributed by atoms with Gasteiger partial charge in [-0.1, -0.05) is 0 Å². The summed E-state index contributed by atoms with van der Waals surface area (Å²) in [6.45, 7) is -0.299. The number of anilines is 1. The molecule has 18 heavy (non-hydrogen) atoms. The zero-order valence-electron chi connectivity index (χ0n) is 10.5. The fourth-order valence-corrected chi connectivity index (χ4v) is 2.32. The van der Waals surface area contributed by atoms with Gasteiger partial charge in [-0.3, -0.25) is 4.79 Å². The van der Waals surface area contributed by atoms with E-state index in [-0.39, 0.29) is 12.5 Å². The van der Waals surface area contributed by atoms with Crippen molar-refractivity contribution in [2.45, 2.75) is 11.0 Å². The molecule has 5 nitrogen and oxygen atoms in total. The minimum Gasteiger partial charge on any atom is -0.399 e. The molecule has 1 aromatic rings. The molecule has 1 unspecified atom stereocenters. The van der Waals surface area contributed by atoms with Crippen LogP contribution in [0.2, 0.25) is 0 Å². The van der Waals surface area contributed by atoms with E-state index in [1.54, 1.807) is 32.3 Å². The van der Waals surface area contributed by atoms with Gasteiger partial charge in [0.05, 0.1) is 18.3 Å². The number of thioether (sulfide) groups is 1. The summed E-state index contributed by atoms with van der Waals surface area (Å²) in [4.78, 5) is 14.1. The van der Waals surface area contributed by atoms with Gasteiger partial charge in [-0.2, -0.15) is 0 Å². The fourth-order valence-electron chi connectivity index (χ4n) is 1.31. The zero-order chi connectivity index (χ0) is 13.7. The van der Waals surface area contributed by atoms with Gasteiger partial charge in [-0.05, 0) is 18.2 Å². The highest BCUT2D eigenvalue weighted by molar-refractivity contribution is 7.99. The van der Waals surface area contributed by atoms with Crippen molar-refractivity contribution >= 4 is 23.4 Å². The lowest BCUT2D eigenvalue weighted by Crippen LogP contribution is -2.22. The lowest BCUT2D eigenvalue weighted by Gasteiger charge is -2.15. The number of carbonyl (C=O) groups excluding carboxylic acids is 1. The molecule has 0 spiro atoms. The Kier molecular flexibility index (Phi) is 5.46. The van der Waals surface area contributed by atoms with E-state index in [0.717, 1.165) is 0 Å². The van der Waals surface area contributed by atoms with Gasteiger partial charge in [-0.25, -0.2) is 0 Å². The summed E-state index contributed by atoms with van der Waals surface area (Å²) < 4.78 is 0. The van der Waals surface area contributed by atoms with E-state index in [0.29, 0.717) is 21.9 Å². The third-order valence-corrected chi connectivity index (χ3v) is 3.48. The number of aliphatic hydroxyl groups is 2. The monoisotopic (exact) mass is 270 g/mol. The highest BCUT2D eigenvalue weighted by Crippen LogP contribution is 2.26. The maximum Gasteiger partial charge on any atom is 0.254 e. The van der Waals surface area contributed by atoms with Crippen molar-refractivity contribution in [3.05, 3.63) is 23.8 Å². The molecule has 0 aliphatic heterocycles. The molecule has 1 rings (SSSR count). The minimum absolute atomic E-state index is 0.115. The number of nitrogens with two attached hydrogens (primary N) is 1. The summed E-state index contributed by atoms with van der Waals surface area (Å²) in [6.07, 6.45) is -0.807. The Bertz CT molecular complexity index is 424. The first-order valence-corrected chi connectivity index (χ1v) is 6.47. The quantitative estimate of drug-likeness (QED) is 0.533. The Morgan fingerprint density at radius 3 is 2.72 bits per heavy atom. The van der Waals surface area contributed by atoms with Crippen LogP contribution in [-0.4, -0.2) is 53.6 Å². The average Bonchev–Trinajstić information content (AvgIpc) is 2.35. The molecule has 1 aromatic carbocycles. The number of nitrogen functional groups attached to an aromatic ring is 1. The van der Waals surface area contributed by atoms with Crippen LogP contribution in [-0.2, 0) is 0 Å². The molecular formula is C12H18N2O3S. The van der Waals surface area contributed by atoms with Crippen LogP contribution < -0.4 is 5.73 Å². The average molecular weight is 270 g/mol. The molecule has 0 aromatic heterocycles. The Hall–Kier alpha value is -1.24. The molecule has 0 saturated heterocycles. The number of amides is 1. The van der Waals surface area contributed by atoms with Gasteiger partial charge in [0.1, 0.15) is 0 Å².